The second kappa shape index (κ2) is 9.39. The van der Waals surface area contributed by atoms with Gasteiger partial charge in [0, 0.05) is 24.1 Å². The smallest absolute Gasteiger partial charge is 0.231 e. The van der Waals surface area contributed by atoms with E-state index >= 15 is 0 Å². The standard InChI is InChI=1S/C24H31NO5/c1-15-11-17(7-8-20(15)27-5)19(26)12-16(2)22-18(9-10-25(3)4)13-21-23(24(22)28-6)30-14-29-21/h7-8,11,13,16H,9-10,12,14H2,1-6H3. The number of fused-ring (bicyclic) bond motifs is 1. The predicted molar refractivity (Wildman–Crippen MR) is 116 cm³/mol. The molecule has 0 fully saturated rings. The lowest BCUT2D eigenvalue weighted by Crippen LogP contribution is -2.17. The van der Waals surface area contributed by atoms with E-state index in [-0.39, 0.29) is 18.5 Å². The lowest BCUT2D eigenvalue weighted by Gasteiger charge is -2.22. The van der Waals surface area contributed by atoms with Gasteiger partial charge in [0.25, 0.3) is 0 Å². The zero-order valence-corrected chi connectivity index (χ0v) is 18.7. The largest absolute Gasteiger partial charge is 0.496 e. The molecule has 1 heterocycles. The van der Waals surface area contributed by atoms with E-state index in [2.05, 4.69) is 11.8 Å². The van der Waals surface area contributed by atoms with Crippen LogP contribution in [0.15, 0.2) is 24.3 Å². The fourth-order valence-electron chi connectivity index (χ4n) is 3.92. The highest BCUT2D eigenvalue weighted by molar-refractivity contribution is 5.97. The van der Waals surface area contributed by atoms with Crippen molar-refractivity contribution in [3.63, 3.8) is 0 Å². The van der Waals surface area contributed by atoms with Gasteiger partial charge in [-0.3, -0.25) is 4.79 Å². The summed E-state index contributed by atoms with van der Waals surface area (Å²) in [7, 11) is 7.36. The number of nitrogens with zero attached hydrogens (tertiary/aromatic N) is 1. The molecule has 0 aromatic heterocycles. The molecule has 1 aliphatic rings. The van der Waals surface area contributed by atoms with Crippen LogP contribution in [0.5, 0.6) is 23.0 Å². The van der Waals surface area contributed by atoms with Gasteiger partial charge in [0.05, 0.1) is 14.2 Å². The maximum atomic E-state index is 13.0. The van der Waals surface area contributed by atoms with Crippen molar-refractivity contribution < 1.29 is 23.7 Å². The zero-order valence-electron chi connectivity index (χ0n) is 18.7. The van der Waals surface area contributed by atoms with Crippen molar-refractivity contribution in [3.05, 3.63) is 46.5 Å². The predicted octanol–water partition coefficient (Wildman–Crippen LogP) is 4.22. The van der Waals surface area contributed by atoms with Gasteiger partial charge in [0.1, 0.15) is 5.75 Å². The Hall–Kier alpha value is -2.73. The molecule has 6 nitrogen and oxygen atoms in total. The third-order valence-corrected chi connectivity index (χ3v) is 5.48. The highest BCUT2D eigenvalue weighted by atomic mass is 16.7. The fourth-order valence-corrected chi connectivity index (χ4v) is 3.92. The number of likely N-dealkylation sites (N-methyl/N-ethyl adjacent to an activating group) is 1. The molecule has 0 aliphatic carbocycles. The molecule has 0 saturated heterocycles. The van der Waals surface area contributed by atoms with Gasteiger partial charge >= 0.3 is 0 Å². The molecule has 1 atom stereocenters. The van der Waals surface area contributed by atoms with Crippen molar-refractivity contribution >= 4 is 5.78 Å². The number of carbonyl (C=O) groups excluding carboxylic acids is 1. The summed E-state index contributed by atoms with van der Waals surface area (Å²) >= 11 is 0. The van der Waals surface area contributed by atoms with Gasteiger partial charge in [-0.25, -0.2) is 0 Å². The summed E-state index contributed by atoms with van der Waals surface area (Å²) in [5.41, 5.74) is 3.77. The first kappa shape index (κ1) is 22.0. The van der Waals surface area contributed by atoms with Crippen molar-refractivity contribution in [1.29, 1.82) is 0 Å². The minimum Gasteiger partial charge on any atom is -0.496 e. The molecule has 2 aromatic carbocycles. The number of rotatable bonds is 9. The van der Waals surface area contributed by atoms with Crippen molar-refractivity contribution in [3.8, 4) is 23.0 Å². The molecule has 1 aliphatic heterocycles. The van der Waals surface area contributed by atoms with Gasteiger partial charge in [-0.1, -0.05) is 6.92 Å². The molecule has 0 amide bonds. The molecule has 30 heavy (non-hydrogen) atoms. The first-order valence-electron chi connectivity index (χ1n) is 10.2. The van der Waals surface area contributed by atoms with Crippen LogP contribution in [0.3, 0.4) is 0 Å². The van der Waals surface area contributed by atoms with Crippen LogP contribution in [0.1, 0.15) is 46.3 Å². The summed E-state index contributed by atoms with van der Waals surface area (Å²) in [6.45, 7) is 5.07. The Kier molecular flexibility index (Phi) is 6.87. The molecular formula is C24H31NO5. The van der Waals surface area contributed by atoms with Gasteiger partial charge in [0.2, 0.25) is 12.5 Å². The Morgan fingerprint density at radius 1 is 1.17 bits per heavy atom. The molecule has 0 radical (unpaired) electrons. The van der Waals surface area contributed by atoms with Crippen LogP contribution in [0.25, 0.3) is 0 Å². The fraction of sp³-hybridized carbons (Fsp3) is 0.458. The number of ether oxygens (including phenoxy) is 4. The van der Waals surface area contributed by atoms with Crippen molar-refractivity contribution in [2.24, 2.45) is 0 Å². The van der Waals surface area contributed by atoms with Crippen LogP contribution >= 0.6 is 0 Å². The summed E-state index contributed by atoms with van der Waals surface area (Å²) in [5, 5.41) is 0. The second-order valence-corrected chi connectivity index (χ2v) is 7.98. The minimum atomic E-state index is -0.0403. The average molecular weight is 414 g/mol. The van der Waals surface area contributed by atoms with E-state index in [0.29, 0.717) is 29.2 Å². The second-order valence-electron chi connectivity index (χ2n) is 7.98. The van der Waals surface area contributed by atoms with E-state index < -0.39 is 0 Å². The minimum absolute atomic E-state index is 0.0403. The van der Waals surface area contributed by atoms with Gasteiger partial charge in [-0.15, -0.1) is 0 Å². The van der Waals surface area contributed by atoms with E-state index in [1.807, 2.05) is 45.3 Å². The molecule has 0 bridgehead atoms. The van der Waals surface area contributed by atoms with E-state index in [4.69, 9.17) is 18.9 Å². The third kappa shape index (κ3) is 4.54. The Morgan fingerprint density at radius 3 is 2.57 bits per heavy atom. The Balaban J connectivity index is 1.92. The summed E-state index contributed by atoms with van der Waals surface area (Å²) in [6.07, 6.45) is 1.20. The summed E-state index contributed by atoms with van der Waals surface area (Å²) < 4.78 is 22.3. The number of aryl methyl sites for hydroxylation is 1. The first-order valence-corrected chi connectivity index (χ1v) is 10.2. The molecular weight excluding hydrogens is 382 g/mol. The Morgan fingerprint density at radius 2 is 1.93 bits per heavy atom. The number of hydrogen-bond acceptors (Lipinski definition) is 6. The highest BCUT2D eigenvalue weighted by Crippen LogP contribution is 2.48. The summed E-state index contributed by atoms with van der Waals surface area (Å²) in [4.78, 5) is 15.2. The quantitative estimate of drug-likeness (QED) is 0.574. The third-order valence-electron chi connectivity index (χ3n) is 5.48. The first-order chi connectivity index (χ1) is 14.3. The number of hydrogen-bond donors (Lipinski definition) is 0. The molecule has 0 saturated carbocycles. The summed E-state index contributed by atoms with van der Waals surface area (Å²) in [6, 6.07) is 7.58. The van der Waals surface area contributed by atoms with Crippen LogP contribution in [-0.4, -0.2) is 52.3 Å². The van der Waals surface area contributed by atoms with Crippen LogP contribution in [0.2, 0.25) is 0 Å². The molecule has 2 aromatic rings. The maximum Gasteiger partial charge on any atom is 0.231 e. The maximum absolute atomic E-state index is 13.0. The lowest BCUT2D eigenvalue weighted by atomic mass is 9.87. The molecule has 0 N–H and O–H groups in total. The van der Waals surface area contributed by atoms with Gasteiger partial charge in [-0.05, 0) is 68.8 Å². The van der Waals surface area contributed by atoms with Crippen LogP contribution in [0.4, 0.5) is 0 Å². The number of benzene rings is 2. The number of carbonyl (C=O) groups is 1. The number of Topliss-reactive ketones (excluding diaryl/α,β-unsaturated/α-hetero) is 1. The lowest BCUT2D eigenvalue weighted by molar-refractivity contribution is 0.0975. The van der Waals surface area contributed by atoms with Gasteiger partial charge in [-0.2, -0.15) is 0 Å². The molecule has 1 unspecified atom stereocenters. The topological polar surface area (TPSA) is 57.2 Å². The zero-order chi connectivity index (χ0) is 21.8. The number of methoxy groups -OCH3 is 2. The monoisotopic (exact) mass is 413 g/mol. The normalized spacial score (nSPS) is 13.4. The van der Waals surface area contributed by atoms with Crippen LogP contribution in [0, 0.1) is 6.92 Å². The molecule has 162 valence electrons. The molecule has 6 heteroatoms. The van der Waals surface area contributed by atoms with Crippen molar-refractivity contribution in [2.45, 2.75) is 32.6 Å². The average Bonchev–Trinajstić information content (AvgIpc) is 3.19. The SMILES string of the molecule is COc1ccc(C(=O)CC(C)c2c(CCN(C)C)cc3c(c2OC)OCO3)cc1C. The van der Waals surface area contributed by atoms with E-state index in [0.717, 1.165) is 35.4 Å². The number of ketones is 1. The highest BCUT2D eigenvalue weighted by Gasteiger charge is 2.29. The molecule has 0 spiro atoms. The van der Waals surface area contributed by atoms with E-state index in [1.165, 1.54) is 0 Å². The van der Waals surface area contributed by atoms with Crippen molar-refractivity contribution in [2.75, 3.05) is 41.7 Å². The van der Waals surface area contributed by atoms with E-state index in [9.17, 15) is 4.79 Å². The van der Waals surface area contributed by atoms with E-state index in [1.54, 1.807) is 14.2 Å². The Labute approximate surface area is 178 Å². The van der Waals surface area contributed by atoms with Crippen molar-refractivity contribution in [1.82, 2.24) is 4.90 Å². The van der Waals surface area contributed by atoms with Gasteiger partial charge < -0.3 is 23.8 Å². The molecule has 3 rings (SSSR count). The Bertz CT molecular complexity index is 922. The van der Waals surface area contributed by atoms with Crippen LogP contribution < -0.4 is 18.9 Å². The summed E-state index contributed by atoms with van der Waals surface area (Å²) in [5.74, 6) is 2.83. The van der Waals surface area contributed by atoms with Crippen LogP contribution in [-0.2, 0) is 6.42 Å². The van der Waals surface area contributed by atoms with Gasteiger partial charge in [0.15, 0.2) is 17.3 Å².